The fraction of sp³-hybridized carbons (Fsp3) is 0.889. The Kier molecular flexibility index (Phi) is 5.51. The Balaban J connectivity index is 3.23. The molecule has 0 bridgehead atoms. The van der Waals surface area contributed by atoms with Crippen LogP contribution in [0.15, 0.2) is 0 Å². The Bertz CT molecular complexity index is 89.6. The van der Waals surface area contributed by atoms with Gasteiger partial charge in [0, 0.05) is 0 Å². The summed E-state index contributed by atoms with van der Waals surface area (Å²) in [5.41, 5.74) is 10.9. The van der Waals surface area contributed by atoms with Gasteiger partial charge in [-0.1, -0.05) is 39.5 Å². The molecule has 0 fully saturated rings. The monoisotopic (exact) mass is 157 g/mol. The fourth-order valence-corrected chi connectivity index (χ4v) is 1.01. The zero-order valence-electron chi connectivity index (χ0n) is 7.60. The first-order valence-corrected chi connectivity index (χ1v) is 4.49. The van der Waals surface area contributed by atoms with Gasteiger partial charge in [0.1, 0.15) is 0 Å². The van der Waals surface area contributed by atoms with Crippen molar-refractivity contribution in [3.8, 4) is 0 Å². The SMILES string of the molecule is [CH2]CC(N)(N)CCCCCC. The molecular formula is C9H21N2. The van der Waals surface area contributed by atoms with Crippen molar-refractivity contribution < 1.29 is 0 Å². The van der Waals surface area contributed by atoms with Crippen LogP contribution in [0.25, 0.3) is 0 Å². The molecule has 2 heteroatoms. The summed E-state index contributed by atoms with van der Waals surface area (Å²) in [6, 6.07) is 0. The van der Waals surface area contributed by atoms with Gasteiger partial charge in [0.15, 0.2) is 0 Å². The van der Waals surface area contributed by atoms with E-state index < -0.39 is 5.66 Å². The Morgan fingerprint density at radius 1 is 1.18 bits per heavy atom. The molecule has 11 heavy (non-hydrogen) atoms. The van der Waals surface area contributed by atoms with Crippen molar-refractivity contribution in [3.05, 3.63) is 6.92 Å². The van der Waals surface area contributed by atoms with Gasteiger partial charge < -0.3 is 11.5 Å². The number of nitrogens with two attached hydrogens (primary N) is 2. The first kappa shape index (κ1) is 10.9. The second kappa shape index (κ2) is 5.56. The van der Waals surface area contributed by atoms with E-state index in [9.17, 15) is 0 Å². The van der Waals surface area contributed by atoms with E-state index in [1.807, 2.05) is 0 Å². The first-order chi connectivity index (χ1) is 5.12. The van der Waals surface area contributed by atoms with Gasteiger partial charge in [-0.25, -0.2) is 0 Å². The molecule has 0 amide bonds. The van der Waals surface area contributed by atoms with E-state index in [1.54, 1.807) is 0 Å². The molecule has 0 atom stereocenters. The average molecular weight is 157 g/mol. The molecule has 0 aliphatic rings. The second-order valence-electron chi connectivity index (χ2n) is 3.29. The van der Waals surface area contributed by atoms with Gasteiger partial charge in [0.25, 0.3) is 0 Å². The van der Waals surface area contributed by atoms with E-state index in [2.05, 4.69) is 13.8 Å². The summed E-state index contributed by atoms with van der Waals surface area (Å²) >= 11 is 0. The minimum Gasteiger partial charge on any atom is -0.313 e. The highest BCUT2D eigenvalue weighted by Gasteiger charge is 2.14. The van der Waals surface area contributed by atoms with Crippen molar-refractivity contribution in [1.29, 1.82) is 0 Å². The first-order valence-electron chi connectivity index (χ1n) is 4.49. The summed E-state index contributed by atoms with van der Waals surface area (Å²) in [7, 11) is 0. The predicted octanol–water partition coefficient (Wildman–Crippen LogP) is 1.79. The Hall–Kier alpha value is -0.0800. The summed E-state index contributed by atoms with van der Waals surface area (Å²) in [6.07, 6.45) is 6.44. The smallest absolute Gasteiger partial charge is 0.0636 e. The molecule has 0 spiro atoms. The van der Waals surface area contributed by atoms with Crippen molar-refractivity contribution in [3.63, 3.8) is 0 Å². The highest BCUT2D eigenvalue weighted by Crippen LogP contribution is 2.10. The molecule has 0 aliphatic carbocycles. The second-order valence-corrected chi connectivity index (χ2v) is 3.29. The van der Waals surface area contributed by atoms with Crippen LogP contribution in [0.1, 0.15) is 45.4 Å². The van der Waals surface area contributed by atoms with E-state index in [0.717, 1.165) is 12.8 Å². The van der Waals surface area contributed by atoms with Crippen LogP contribution < -0.4 is 11.5 Å². The molecule has 0 heterocycles. The molecule has 0 aromatic carbocycles. The van der Waals surface area contributed by atoms with E-state index in [1.165, 1.54) is 19.3 Å². The Labute approximate surface area is 70.3 Å². The lowest BCUT2D eigenvalue weighted by Gasteiger charge is -2.22. The number of hydrogen-bond donors (Lipinski definition) is 2. The van der Waals surface area contributed by atoms with E-state index in [0.29, 0.717) is 6.42 Å². The topological polar surface area (TPSA) is 52.0 Å². The lowest BCUT2D eigenvalue weighted by Crippen LogP contribution is -2.48. The number of hydrogen-bond acceptors (Lipinski definition) is 2. The molecule has 0 aliphatic heterocycles. The van der Waals surface area contributed by atoms with E-state index in [4.69, 9.17) is 11.5 Å². The van der Waals surface area contributed by atoms with Gasteiger partial charge >= 0.3 is 0 Å². The quantitative estimate of drug-likeness (QED) is 0.456. The van der Waals surface area contributed by atoms with E-state index >= 15 is 0 Å². The summed E-state index contributed by atoms with van der Waals surface area (Å²) in [5, 5.41) is 0. The molecule has 2 nitrogen and oxygen atoms in total. The van der Waals surface area contributed by atoms with E-state index in [-0.39, 0.29) is 0 Å². The summed E-state index contributed by atoms with van der Waals surface area (Å²) in [6.45, 7) is 5.90. The zero-order valence-corrected chi connectivity index (χ0v) is 7.60. The van der Waals surface area contributed by atoms with Crippen molar-refractivity contribution >= 4 is 0 Å². The lowest BCUT2D eigenvalue weighted by atomic mass is 10.0. The third-order valence-electron chi connectivity index (χ3n) is 1.96. The van der Waals surface area contributed by atoms with Crippen molar-refractivity contribution in [2.24, 2.45) is 11.5 Å². The number of unbranched alkanes of at least 4 members (excludes halogenated alkanes) is 3. The molecule has 0 aromatic rings. The van der Waals surface area contributed by atoms with Gasteiger partial charge in [-0.15, -0.1) is 0 Å². The maximum absolute atomic E-state index is 5.71. The maximum Gasteiger partial charge on any atom is 0.0636 e. The van der Waals surface area contributed by atoms with Gasteiger partial charge in [-0.2, -0.15) is 0 Å². The third kappa shape index (κ3) is 6.32. The summed E-state index contributed by atoms with van der Waals surface area (Å²) in [5.74, 6) is 0. The molecule has 67 valence electrons. The minimum atomic E-state index is -0.520. The third-order valence-corrected chi connectivity index (χ3v) is 1.96. The lowest BCUT2D eigenvalue weighted by molar-refractivity contribution is 0.390. The molecule has 0 unspecified atom stereocenters. The van der Waals surface area contributed by atoms with Crippen LogP contribution >= 0.6 is 0 Å². The average Bonchev–Trinajstić information content (AvgIpc) is 1.99. The molecule has 4 N–H and O–H groups in total. The standard InChI is InChI=1S/C9H21N2/c1-3-5-6-7-8-9(10,11)4-2/h2-8,10-11H2,1H3. The summed E-state index contributed by atoms with van der Waals surface area (Å²) in [4.78, 5) is 0. The molecule has 0 rings (SSSR count). The largest absolute Gasteiger partial charge is 0.313 e. The number of rotatable bonds is 6. The maximum atomic E-state index is 5.71. The molecule has 0 aromatic heterocycles. The fourth-order valence-electron chi connectivity index (χ4n) is 1.01. The van der Waals surface area contributed by atoms with Crippen LogP contribution in [0.4, 0.5) is 0 Å². The van der Waals surface area contributed by atoms with Crippen LogP contribution in [-0.4, -0.2) is 5.66 Å². The summed E-state index contributed by atoms with van der Waals surface area (Å²) < 4.78 is 0. The molecule has 0 saturated carbocycles. The van der Waals surface area contributed by atoms with Crippen LogP contribution in [0.3, 0.4) is 0 Å². The molecular weight excluding hydrogens is 136 g/mol. The van der Waals surface area contributed by atoms with Gasteiger partial charge in [0.05, 0.1) is 5.66 Å². The van der Waals surface area contributed by atoms with Crippen LogP contribution in [0.2, 0.25) is 0 Å². The molecule has 1 radical (unpaired) electrons. The highest BCUT2D eigenvalue weighted by molar-refractivity contribution is 4.77. The van der Waals surface area contributed by atoms with Gasteiger partial charge in [-0.05, 0) is 12.8 Å². The highest BCUT2D eigenvalue weighted by atomic mass is 14.9. The molecule has 0 saturated heterocycles. The van der Waals surface area contributed by atoms with Gasteiger partial charge in [-0.3, -0.25) is 0 Å². The van der Waals surface area contributed by atoms with Crippen LogP contribution in [0, 0.1) is 6.92 Å². The Morgan fingerprint density at radius 2 is 1.82 bits per heavy atom. The van der Waals surface area contributed by atoms with Crippen LogP contribution in [0.5, 0.6) is 0 Å². The van der Waals surface area contributed by atoms with Gasteiger partial charge in [0.2, 0.25) is 0 Å². The van der Waals surface area contributed by atoms with Crippen LogP contribution in [-0.2, 0) is 0 Å². The normalized spacial score (nSPS) is 12.0. The van der Waals surface area contributed by atoms with Crippen molar-refractivity contribution in [1.82, 2.24) is 0 Å². The predicted molar refractivity (Wildman–Crippen MR) is 49.8 cm³/mol. The van der Waals surface area contributed by atoms with Crippen molar-refractivity contribution in [2.45, 2.75) is 51.1 Å². The zero-order chi connectivity index (χ0) is 8.74. The Morgan fingerprint density at radius 3 is 2.27 bits per heavy atom. The minimum absolute atomic E-state index is 0.520. The van der Waals surface area contributed by atoms with Crippen molar-refractivity contribution in [2.75, 3.05) is 0 Å².